The highest BCUT2D eigenvalue weighted by Crippen LogP contribution is 2.47. The smallest absolute Gasteiger partial charge is 0.238 e. The minimum Gasteiger partial charge on any atom is -0.495 e. The van der Waals surface area contributed by atoms with E-state index in [2.05, 4.69) is 10.5 Å². The average Bonchev–Trinajstić information content (AvgIpc) is 3.19. The molecule has 1 aliphatic carbocycles. The highest BCUT2D eigenvalue weighted by molar-refractivity contribution is 6.31. The number of rotatable bonds is 4. The Morgan fingerprint density at radius 2 is 2.26 bits per heavy atom. The third-order valence-corrected chi connectivity index (χ3v) is 3.43. The van der Waals surface area contributed by atoms with E-state index in [9.17, 15) is 4.79 Å². The molecule has 102 valence electrons. The molecule has 6 nitrogen and oxygen atoms in total. The molecule has 0 aromatic heterocycles. The summed E-state index contributed by atoms with van der Waals surface area (Å²) in [5.74, 6) is 0.0856. The fourth-order valence-electron chi connectivity index (χ4n) is 1.84. The van der Waals surface area contributed by atoms with Crippen molar-refractivity contribution in [1.29, 1.82) is 0 Å². The molecule has 1 amide bonds. The van der Waals surface area contributed by atoms with Crippen molar-refractivity contribution >= 4 is 29.0 Å². The van der Waals surface area contributed by atoms with Gasteiger partial charge < -0.3 is 21.0 Å². The normalized spacial score (nSPS) is 16.8. The van der Waals surface area contributed by atoms with Crippen LogP contribution in [0.5, 0.6) is 5.75 Å². The lowest BCUT2D eigenvalue weighted by atomic mass is 10.1. The molecule has 2 rings (SSSR count). The Hall–Kier alpha value is -1.95. The van der Waals surface area contributed by atoms with Gasteiger partial charge in [-0.2, -0.15) is 0 Å². The number of hydrogen-bond donors (Lipinski definition) is 3. The minimum absolute atomic E-state index is 0.0778. The molecule has 19 heavy (non-hydrogen) atoms. The van der Waals surface area contributed by atoms with E-state index < -0.39 is 5.41 Å². The number of nitrogens with zero attached hydrogens (tertiary/aromatic N) is 1. The first-order valence-electron chi connectivity index (χ1n) is 5.66. The second-order valence-electron chi connectivity index (χ2n) is 4.37. The summed E-state index contributed by atoms with van der Waals surface area (Å²) in [6, 6.07) is 4.90. The van der Waals surface area contributed by atoms with Gasteiger partial charge >= 0.3 is 0 Å². The van der Waals surface area contributed by atoms with Crippen LogP contribution in [0, 0.1) is 5.41 Å². The molecule has 0 aliphatic heterocycles. The fraction of sp³-hybridized carbons (Fsp3) is 0.333. The van der Waals surface area contributed by atoms with Crippen molar-refractivity contribution < 1.29 is 14.7 Å². The van der Waals surface area contributed by atoms with Gasteiger partial charge in [-0.05, 0) is 31.0 Å². The molecule has 0 heterocycles. The van der Waals surface area contributed by atoms with Crippen molar-refractivity contribution in [3.8, 4) is 5.75 Å². The lowest BCUT2D eigenvalue weighted by Gasteiger charge is -2.15. The zero-order valence-corrected chi connectivity index (χ0v) is 11.1. The largest absolute Gasteiger partial charge is 0.495 e. The van der Waals surface area contributed by atoms with E-state index >= 15 is 0 Å². The van der Waals surface area contributed by atoms with Crippen LogP contribution in [-0.2, 0) is 4.79 Å². The number of amidine groups is 1. The predicted octanol–water partition coefficient (Wildman–Crippen LogP) is 1.81. The SMILES string of the molecule is COc1ccc(Cl)cc1NC(=O)C1(/C(N)=N/O)CC1. The van der Waals surface area contributed by atoms with Gasteiger partial charge in [-0.15, -0.1) is 0 Å². The van der Waals surface area contributed by atoms with Crippen molar-refractivity contribution in [3.05, 3.63) is 23.2 Å². The average molecular weight is 284 g/mol. The van der Waals surface area contributed by atoms with Crippen LogP contribution in [0.2, 0.25) is 5.02 Å². The molecule has 0 radical (unpaired) electrons. The Bertz CT molecular complexity index is 541. The first kappa shape index (κ1) is 13.5. The highest BCUT2D eigenvalue weighted by atomic mass is 35.5. The van der Waals surface area contributed by atoms with E-state index in [0.29, 0.717) is 29.3 Å². The second-order valence-corrected chi connectivity index (χ2v) is 4.80. The van der Waals surface area contributed by atoms with Crippen LogP contribution in [0.3, 0.4) is 0 Å². The maximum atomic E-state index is 12.2. The molecule has 0 spiro atoms. The number of hydrogen-bond acceptors (Lipinski definition) is 4. The molecular formula is C12H14ClN3O3. The number of nitrogens with two attached hydrogens (primary N) is 1. The van der Waals surface area contributed by atoms with E-state index in [1.165, 1.54) is 7.11 Å². The molecule has 0 unspecified atom stereocenters. The number of carbonyl (C=O) groups excluding carboxylic acids is 1. The number of oxime groups is 1. The van der Waals surface area contributed by atoms with Gasteiger partial charge in [0.15, 0.2) is 5.84 Å². The summed E-state index contributed by atoms with van der Waals surface area (Å²) in [7, 11) is 1.50. The van der Waals surface area contributed by atoms with Crippen LogP contribution in [0.1, 0.15) is 12.8 Å². The quantitative estimate of drug-likeness (QED) is 0.340. The molecule has 0 atom stereocenters. The maximum absolute atomic E-state index is 12.2. The number of carbonyl (C=O) groups is 1. The summed E-state index contributed by atoms with van der Waals surface area (Å²) in [6.07, 6.45) is 1.11. The van der Waals surface area contributed by atoms with Crippen molar-refractivity contribution in [2.75, 3.05) is 12.4 Å². The van der Waals surface area contributed by atoms with Gasteiger partial charge in [-0.25, -0.2) is 0 Å². The Morgan fingerprint density at radius 3 is 2.79 bits per heavy atom. The fourth-order valence-corrected chi connectivity index (χ4v) is 2.01. The Kier molecular flexibility index (Phi) is 3.53. The van der Waals surface area contributed by atoms with Gasteiger partial charge in [0.05, 0.1) is 12.8 Å². The van der Waals surface area contributed by atoms with Crippen LogP contribution in [-0.4, -0.2) is 24.1 Å². The molecule has 1 aromatic carbocycles. The molecule has 7 heteroatoms. The predicted molar refractivity (Wildman–Crippen MR) is 71.7 cm³/mol. The van der Waals surface area contributed by atoms with Crippen LogP contribution in [0.25, 0.3) is 0 Å². The monoisotopic (exact) mass is 283 g/mol. The van der Waals surface area contributed by atoms with Crippen molar-refractivity contribution in [2.24, 2.45) is 16.3 Å². The third-order valence-electron chi connectivity index (χ3n) is 3.19. The zero-order chi connectivity index (χ0) is 14.0. The number of halogens is 1. The number of ether oxygens (including phenoxy) is 1. The summed E-state index contributed by atoms with van der Waals surface area (Å²) in [6.45, 7) is 0. The summed E-state index contributed by atoms with van der Waals surface area (Å²) in [4.78, 5) is 12.2. The molecule has 0 saturated heterocycles. The molecule has 0 bridgehead atoms. The van der Waals surface area contributed by atoms with Gasteiger partial charge in [0.25, 0.3) is 0 Å². The Morgan fingerprint density at radius 1 is 1.58 bits per heavy atom. The first-order chi connectivity index (χ1) is 9.03. The van der Waals surface area contributed by atoms with Crippen LogP contribution < -0.4 is 15.8 Å². The Labute approximate surface area is 115 Å². The lowest BCUT2D eigenvalue weighted by molar-refractivity contribution is -0.119. The zero-order valence-electron chi connectivity index (χ0n) is 10.3. The molecule has 1 saturated carbocycles. The van der Waals surface area contributed by atoms with E-state index in [-0.39, 0.29) is 11.7 Å². The Balaban J connectivity index is 2.22. The number of benzene rings is 1. The summed E-state index contributed by atoms with van der Waals surface area (Å²) >= 11 is 5.88. The highest BCUT2D eigenvalue weighted by Gasteiger charge is 2.54. The van der Waals surface area contributed by atoms with Crippen LogP contribution in [0.15, 0.2) is 23.4 Å². The standard InChI is InChI=1S/C12H14ClN3O3/c1-19-9-3-2-7(13)6-8(9)15-11(17)12(4-5-12)10(14)16-18/h2-3,6,18H,4-5H2,1H3,(H2,14,16)(H,15,17). The third kappa shape index (κ3) is 2.44. The summed E-state index contributed by atoms with van der Waals surface area (Å²) < 4.78 is 5.14. The number of anilines is 1. The number of methoxy groups -OCH3 is 1. The van der Waals surface area contributed by atoms with Gasteiger partial charge in [0, 0.05) is 5.02 Å². The van der Waals surface area contributed by atoms with Gasteiger partial charge in [-0.1, -0.05) is 16.8 Å². The first-order valence-corrected chi connectivity index (χ1v) is 6.04. The summed E-state index contributed by atoms with van der Waals surface area (Å²) in [5, 5.41) is 14.8. The van der Waals surface area contributed by atoms with E-state index in [1.807, 2.05) is 0 Å². The maximum Gasteiger partial charge on any atom is 0.238 e. The second kappa shape index (κ2) is 4.97. The minimum atomic E-state index is -0.915. The van der Waals surface area contributed by atoms with Crippen LogP contribution >= 0.6 is 11.6 Å². The van der Waals surface area contributed by atoms with Gasteiger partial charge in [0.2, 0.25) is 5.91 Å². The van der Waals surface area contributed by atoms with Gasteiger partial charge in [0.1, 0.15) is 11.2 Å². The van der Waals surface area contributed by atoms with Crippen molar-refractivity contribution in [3.63, 3.8) is 0 Å². The molecule has 1 fully saturated rings. The van der Waals surface area contributed by atoms with Crippen LogP contribution in [0.4, 0.5) is 5.69 Å². The van der Waals surface area contributed by atoms with E-state index in [0.717, 1.165) is 0 Å². The lowest BCUT2D eigenvalue weighted by Crippen LogP contribution is -2.36. The van der Waals surface area contributed by atoms with E-state index in [4.69, 9.17) is 27.3 Å². The van der Waals surface area contributed by atoms with Crippen molar-refractivity contribution in [1.82, 2.24) is 0 Å². The van der Waals surface area contributed by atoms with Crippen molar-refractivity contribution in [2.45, 2.75) is 12.8 Å². The molecule has 1 aromatic rings. The molecule has 1 aliphatic rings. The topological polar surface area (TPSA) is 96.9 Å². The van der Waals surface area contributed by atoms with E-state index in [1.54, 1.807) is 18.2 Å². The number of nitrogens with one attached hydrogen (secondary N) is 1. The molecular weight excluding hydrogens is 270 g/mol. The summed E-state index contributed by atoms with van der Waals surface area (Å²) in [5.41, 5.74) is 5.09. The number of amides is 1. The molecule has 4 N–H and O–H groups in total. The van der Waals surface area contributed by atoms with Gasteiger partial charge in [-0.3, -0.25) is 4.79 Å².